The zero-order valence-corrected chi connectivity index (χ0v) is 7.01. The van der Waals surface area contributed by atoms with Crippen LogP contribution in [0.1, 0.15) is 29.8 Å². The van der Waals surface area contributed by atoms with E-state index in [1.54, 1.807) is 13.1 Å². The first kappa shape index (κ1) is 9.75. The van der Waals surface area contributed by atoms with Gasteiger partial charge in [0.05, 0.1) is 5.56 Å². The summed E-state index contributed by atoms with van der Waals surface area (Å²) in [6, 6.07) is 0. The van der Waals surface area contributed by atoms with Gasteiger partial charge in [0.25, 0.3) is 0 Å². The van der Waals surface area contributed by atoms with E-state index in [4.69, 9.17) is 5.11 Å². The zero-order chi connectivity index (χ0) is 8.85. The Kier molecular flexibility index (Phi) is 4.03. The SMILES string of the molecule is CC.Cc1c[nH]cc1C(=O)O. The molecule has 0 saturated carbocycles. The van der Waals surface area contributed by atoms with Crippen LogP contribution in [0.3, 0.4) is 0 Å². The van der Waals surface area contributed by atoms with E-state index < -0.39 is 5.97 Å². The van der Waals surface area contributed by atoms with Gasteiger partial charge in [0.1, 0.15) is 0 Å². The Labute approximate surface area is 66.1 Å². The lowest BCUT2D eigenvalue weighted by Gasteiger charge is -1.86. The summed E-state index contributed by atoms with van der Waals surface area (Å²) in [5.74, 6) is -0.881. The molecule has 1 rings (SSSR count). The molecule has 0 amide bonds. The first-order valence-corrected chi connectivity index (χ1v) is 3.58. The number of aromatic amines is 1. The molecular weight excluding hydrogens is 142 g/mol. The predicted octanol–water partition coefficient (Wildman–Crippen LogP) is 2.05. The summed E-state index contributed by atoms with van der Waals surface area (Å²) in [5.41, 5.74) is 1.11. The summed E-state index contributed by atoms with van der Waals surface area (Å²) in [6.07, 6.45) is 3.13. The van der Waals surface area contributed by atoms with Crippen LogP contribution in [0.15, 0.2) is 12.4 Å². The van der Waals surface area contributed by atoms with E-state index in [1.807, 2.05) is 13.8 Å². The first-order chi connectivity index (χ1) is 5.22. The van der Waals surface area contributed by atoms with Gasteiger partial charge in [-0.1, -0.05) is 13.8 Å². The van der Waals surface area contributed by atoms with E-state index in [0.29, 0.717) is 5.56 Å². The number of aromatic nitrogens is 1. The molecule has 0 spiro atoms. The minimum absolute atomic E-state index is 0.343. The Morgan fingerprint density at radius 2 is 2.00 bits per heavy atom. The van der Waals surface area contributed by atoms with Gasteiger partial charge in [-0.2, -0.15) is 0 Å². The van der Waals surface area contributed by atoms with Gasteiger partial charge in [-0.3, -0.25) is 0 Å². The summed E-state index contributed by atoms with van der Waals surface area (Å²) in [4.78, 5) is 13.0. The summed E-state index contributed by atoms with van der Waals surface area (Å²) in [5, 5.41) is 8.43. The summed E-state index contributed by atoms with van der Waals surface area (Å²) < 4.78 is 0. The number of nitrogens with one attached hydrogen (secondary N) is 1. The Hall–Kier alpha value is -1.25. The molecule has 1 aromatic heterocycles. The number of rotatable bonds is 1. The highest BCUT2D eigenvalue weighted by molar-refractivity contribution is 5.88. The van der Waals surface area contributed by atoms with E-state index in [9.17, 15) is 4.79 Å². The molecule has 0 aliphatic carbocycles. The number of hydrogen-bond donors (Lipinski definition) is 2. The molecule has 3 nitrogen and oxygen atoms in total. The van der Waals surface area contributed by atoms with Crippen LogP contribution in [-0.4, -0.2) is 16.1 Å². The van der Waals surface area contributed by atoms with E-state index in [-0.39, 0.29) is 0 Å². The fraction of sp³-hybridized carbons (Fsp3) is 0.375. The molecule has 0 atom stereocenters. The molecule has 11 heavy (non-hydrogen) atoms. The number of aromatic carboxylic acids is 1. The van der Waals surface area contributed by atoms with Gasteiger partial charge in [-0.25, -0.2) is 4.79 Å². The van der Waals surface area contributed by atoms with Crippen LogP contribution in [0.5, 0.6) is 0 Å². The van der Waals surface area contributed by atoms with Crippen LogP contribution in [0.4, 0.5) is 0 Å². The fourth-order valence-electron chi connectivity index (χ4n) is 0.672. The fourth-order valence-corrected chi connectivity index (χ4v) is 0.672. The monoisotopic (exact) mass is 155 g/mol. The third kappa shape index (κ3) is 2.45. The van der Waals surface area contributed by atoms with Gasteiger partial charge >= 0.3 is 5.97 Å². The van der Waals surface area contributed by atoms with Gasteiger partial charge in [0.2, 0.25) is 0 Å². The molecule has 0 aliphatic heterocycles. The molecule has 1 aromatic rings. The lowest BCUT2D eigenvalue weighted by molar-refractivity contribution is 0.0696. The van der Waals surface area contributed by atoms with Gasteiger partial charge in [-0.05, 0) is 12.5 Å². The second-order valence-corrected chi connectivity index (χ2v) is 1.86. The van der Waals surface area contributed by atoms with Crippen LogP contribution >= 0.6 is 0 Å². The number of aryl methyl sites for hydroxylation is 1. The van der Waals surface area contributed by atoms with Crippen molar-refractivity contribution >= 4 is 5.97 Å². The summed E-state index contributed by atoms with van der Waals surface area (Å²) in [7, 11) is 0. The molecule has 0 aliphatic rings. The summed E-state index contributed by atoms with van der Waals surface area (Å²) >= 11 is 0. The van der Waals surface area contributed by atoms with Crippen LogP contribution in [0.2, 0.25) is 0 Å². The smallest absolute Gasteiger partial charge is 0.337 e. The van der Waals surface area contributed by atoms with Crippen LogP contribution in [0.25, 0.3) is 0 Å². The molecule has 0 fully saturated rings. The normalized spacial score (nSPS) is 8.27. The van der Waals surface area contributed by atoms with Crippen molar-refractivity contribution < 1.29 is 9.90 Å². The highest BCUT2D eigenvalue weighted by Crippen LogP contribution is 2.03. The highest BCUT2D eigenvalue weighted by Gasteiger charge is 2.04. The summed E-state index contributed by atoms with van der Waals surface area (Å²) in [6.45, 7) is 5.75. The third-order valence-corrected chi connectivity index (χ3v) is 1.18. The Bertz CT molecular complexity index is 228. The molecule has 3 heteroatoms. The lowest BCUT2D eigenvalue weighted by atomic mass is 10.2. The van der Waals surface area contributed by atoms with Gasteiger partial charge in [0.15, 0.2) is 0 Å². The third-order valence-electron chi connectivity index (χ3n) is 1.18. The maximum absolute atomic E-state index is 10.3. The van der Waals surface area contributed by atoms with Gasteiger partial charge in [-0.15, -0.1) is 0 Å². The molecule has 0 bridgehead atoms. The Morgan fingerprint density at radius 1 is 1.45 bits per heavy atom. The zero-order valence-electron chi connectivity index (χ0n) is 7.01. The van der Waals surface area contributed by atoms with Crippen LogP contribution in [-0.2, 0) is 0 Å². The Morgan fingerprint density at radius 3 is 2.18 bits per heavy atom. The van der Waals surface area contributed by atoms with Crippen molar-refractivity contribution in [3.8, 4) is 0 Å². The average molecular weight is 155 g/mol. The van der Waals surface area contributed by atoms with Gasteiger partial charge in [0, 0.05) is 12.4 Å². The molecule has 0 unspecified atom stereocenters. The largest absolute Gasteiger partial charge is 0.478 e. The number of H-pyrrole nitrogens is 1. The van der Waals surface area contributed by atoms with Crippen LogP contribution < -0.4 is 0 Å². The second-order valence-electron chi connectivity index (χ2n) is 1.86. The Balaban J connectivity index is 0.000000461. The van der Waals surface area contributed by atoms with E-state index >= 15 is 0 Å². The van der Waals surface area contributed by atoms with Crippen LogP contribution in [0, 0.1) is 6.92 Å². The van der Waals surface area contributed by atoms with E-state index in [1.165, 1.54) is 6.20 Å². The molecule has 2 N–H and O–H groups in total. The quantitative estimate of drug-likeness (QED) is 0.652. The predicted molar refractivity (Wildman–Crippen MR) is 43.8 cm³/mol. The standard InChI is InChI=1S/C6H7NO2.C2H6/c1-4-2-7-3-5(4)6(8)9;1-2/h2-3,7H,1H3,(H,8,9);1-2H3. The molecule has 0 aromatic carbocycles. The van der Waals surface area contributed by atoms with Crippen molar-refractivity contribution in [3.63, 3.8) is 0 Å². The second kappa shape index (κ2) is 4.55. The molecule has 1 heterocycles. The first-order valence-electron chi connectivity index (χ1n) is 3.58. The van der Waals surface area contributed by atoms with Crippen molar-refractivity contribution in [1.29, 1.82) is 0 Å². The van der Waals surface area contributed by atoms with Crippen molar-refractivity contribution in [1.82, 2.24) is 4.98 Å². The van der Waals surface area contributed by atoms with E-state index in [0.717, 1.165) is 5.56 Å². The van der Waals surface area contributed by atoms with Gasteiger partial charge < -0.3 is 10.1 Å². The number of carboxylic acids is 1. The lowest BCUT2D eigenvalue weighted by Crippen LogP contribution is -1.94. The maximum atomic E-state index is 10.3. The molecule has 0 radical (unpaired) electrons. The minimum Gasteiger partial charge on any atom is -0.478 e. The highest BCUT2D eigenvalue weighted by atomic mass is 16.4. The average Bonchev–Trinajstić information content (AvgIpc) is 2.39. The topological polar surface area (TPSA) is 53.1 Å². The van der Waals surface area contributed by atoms with E-state index in [2.05, 4.69) is 4.98 Å². The van der Waals surface area contributed by atoms with Crippen molar-refractivity contribution in [3.05, 3.63) is 23.5 Å². The molecular formula is C8H13NO2. The van der Waals surface area contributed by atoms with Crippen molar-refractivity contribution in [2.75, 3.05) is 0 Å². The molecule has 0 saturated heterocycles. The number of carbonyl (C=O) groups is 1. The minimum atomic E-state index is -0.881. The molecule has 62 valence electrons. The van der Waals surface area contributed by atoms with Crippen molar-refractivity contribution in [2.45, 2.75) is 20.8 Å². The number of hydrogen-bond acceptors (Lipinski definition) is 1. The maximum Gasteiger partial charge on any atom is 0.337 e. The number of carboxylic acid groups (broad SMARTS) is 1. The van der Waals surface area contributed by atoms with Crippen molar-refractivity contribution in [2.24, 2.45) is 0 Å².